The fourth-order valence-electron chi connectivity index (χ4n) is 1.56. The number of hydrogen-bond acceptors (Lipinski definition) is 3. The van der Waals surface area contributed by atoms with Gasteiger partial charge in [0.25, 0.3) is 0 Å². The van der Waals surface area contributed by atoms with Crippen LogP contribution in [-0.2, 0) is 4.79 Å². The van der Waals surface area contributed by atoms with Crippen LogP contribution in [0.5, 0.6) is 5.75 Å². The van der Waals surface area contributed by atoms with Crippen LogP contribution in [0, 0.1) is 0 Å². The van der Waals surface area contributed by atoms with Crippen molar-refractivity contribution in [1.29, 1.82) is 0 Å². The Morgan fingerprint density at radius 1 is 1.44 bits per heavy atom. The highest BCUT2D eigenvalue weighted by Gasteiger charge is 2.18. The van der Waals surface area contributed by atoms with Crippen LogP contribution in [0.1, 0.15) is 24.8 Å². The predicted octanol–water partition coefficient (Wildman–Crippen LogP) is 1.60. The summed E-state index contributed by atoms with van der Waals surface area (Å²) in [5, 5.41) is 9.04. The molecule has 0 heterocycles. The minimum atomic E-state index is -0.838. The lowest BCUT2D eigenvalue weighted by Gasteiger charge is -2.12. The van der Waals surface area contributed by atoms with Gasteiger partial charge in [0.2, 0.25) is 0 Å². The minimum absolute atomic E-state index is 0.365. The summed E-state index contributed by atoms with van der Waals surface area (Å²) >= 11 is 0. The molecular formula is C12H17NO3. The number of ether oxygens (including phenoxy) is 1. The third-order valence-corrected chi connectivity index (χ3v) is 2.35. The van der Waals surface area contributed by atoms with Crippen molar-refractivity contribution < 1.29 is 14.6 Å². The van der Waals surface area contributed by atoms with E-state index in [2.05, 4.69) is 0 Å². The summed E-state index contributed by atoms with van der Waals surface area (Å²) < 4.78 is 5.29. The maximum absolute atomic E-state index is 11.0. The van der Waals surface area contributed by atoms with E-state index >= 15 is 0 Å². The van der Waals surface area contributed by atoms with Crippen LogP contribution in [0.4, 0.5) is 0 Å². The molecule has 1 rings (SSSR count). The van der Waals surface area contributed by atoms with Gasteiger partial charge in [0.1, 0.15) is 5.75 Å². The van der Waals surface area contributed by atoms with E-state index in [0.29, 0.717) is 19.6 Å². The lowest BCUT2D eigenvalue weighted by Crippen LogP contribution is -2.16. The van der Waals surface area contributed by atoms with Gasteiger partial charge in [-0.2, -0.15) is 0 Å². The van der Waals surface area contributed by atoms with Crippen molar-refractivity contribution in [3.63, 3.8) is 0 Å². The molecule has 0 aliphatic carbocycles. The topological polar surface area (TPSA) is 72.5 Å². The summed E-state index contributed by atoms with van der Waals surface area (Å²) in [7, 11) is 0. The monoisotopic (exact) mass is 223 g/mol. The zero-order valence-corrected chi connectivity index (χ0v) is 9.35. The van der Waals surface area contributed by atoms with Crippen molar-refractivity contribution in [1.82, 2.24) is 0 Å². The average molecular weight is 223 g/mol. The Kier molecular flexibility index (Phi) is 4.79. The summed E-state index contributed by atoms with van der Waals surface area (Å²) in [5.41, 5.74) is 6.16. The molecule has 4 heteroatoms. The molecule has 0 bridgehead atoms. The normalized spacial score (nSPS) is 12.1. The second-order valence-corrected chi connectivity index (χ2v) is 3.47. The van der Waals surface area contributed by atoms with Gasteiger partial charge >= 0.3 is 5.97 Å². The second kappa shape index (κ2) is 6.12. The second-order valence-electron chi connectivity index (χ2n) is 3.47. The van der Waals surface area contributed by atoms with Crippen molar-refractivity contribution >= 4 is 5.97 Å². The van der Waals surface area contributed by atoms with Crippen molar-refractivity contribution in [2.45, 2.75) is 19.3 Å². The molecule has 1 unspecified atom stereocenters. The van der Waals surface area contributed by atoms with E-state index in [0.717, 1.165) is 11.3 Å². The first-order valence-electron chi connectivity index (χ1n) is 5.34. The first-order chi connectivity index (χ1) is 7.69. The van der Waals surface area contributed by atoms with Gasteiger partial charge < -0.3 is 15.6 Å². The summed E-state index contributed by atoms with van der Waals surface area (Å²) in [4.78, 5) is 11.0. The summed E-state index contributed by atoms with van der Waals surface area (Å²) in [5.74, 6) is -0.613. The smallest absolute Gasteiger partial charge is 0.311 e. The molecule has 0 aliphatic rings. The molecule has 88 valence electrons. The maximum atomic E-state index is 11.0. The molecule has 0 saturated carbocycles. The molecule has 0 amide bonds. The Hall–Kier alpha value is -1.55. The number of carboxylic acids is 1. The van der Waals surface area contributed by atoms with E-state index in [1.54, 1.807) is 24.3 Å². The van der Waals surface area contributed by atoms with E-state index in [9.17, 15) is 4.79 Å². The lowest BCUT2D eigenvalue weighted by molar-refractivity contribution is -0.138. The van der Waals surface area contributed by atoms with E-state index in [4.69, 9.17) is 15.6 Å². The van der Waals surface area contributed by atoms with Crippen LogP contribution in [-0.4, -0.2) is 24.2 Å². The number of rotatable bonds is 6. The van der Waals surface area contributed by atoms with Crippen molar-refractivity contribution in [2.75, 3.05) is 13.2 Å². The molecule has 0 radical (unpaired) electrons. The predicted molar refractivity (Wildman–Crippen MR) is 61.7 cm³/mol. The summed E-state index contributed by atoms with van der Waals surface area (Å²) in [6.07, 6.45) is 0.448. The Balaban J connectivity index is 2.81. The average Bonchev–Trinajstić information content (AvgIpc) is 2.27. The third-order valence-electron chi connectivity index (χ3n) is 2.35. The molecule has 16 heavy (non-hydrogen) atoms. The highest BCUT2D eigenvalue weighted by atomic mass is 16.5. The summed E-state index contributed by atoms with van der Waals surface area (Å²) in [6, 6.07) is 7.12. The van der Waals surface area contributed by atoms with Crippen molar-refractivity contribution in [2.24, 2.45) is 5.73 Å². The highest BCUT2D eigenvalue weighted by molar-refractivity contribution is 5.76. The molecule has 1 aromatic carbocycles. The molecule has 0 aliphatic heterocycles. The number of aliphatic carboxylic acids is 1. The molecule has 0 aromatic heterocycles. The molecule has 4 nitrogen and oxygen atoms in total. The van der Waals surface area contributed by atoms with E-state index in [1.165, 1.54) is 0 Å². The molecule has 3 N–H and O–H groups in total. The Bertz CT molecular complexity index is 335. The first kappa shape index (κ1) is 12.5. The zero-order chi connectivity index (χ0) is 12.0. The molecule has 0 fully saturated rings. The molecular weight excluding hydrogens is 206 g/mol. The number of carboxylic acid groups (broad SMARTS) is 1. The van der Waals surface area contributed by atoms with Crippen LogP contribution >= 0.6 is 0 Å². The molecule has 1 atom stereocenters. The van der Waals surface area contributed by atoms with E-state index < -0.39 is 11.9 Å². The van der Waals surface area contributed by atoms with Crippen LogP contribution in [0.3, 0.4) is 0 Å². The third kappa shape index (κ3) is 3.24. The highest BCUT2D eigenvalue weighted by Crippen LogP contribution is 2.22. The van der Waals surface area contributed by atoms with E-state index in [1.807, 2.05) is 6.92 Å². The lowest BCUT2D eigenvalue weighted by atomic mass is 9.96. The largest absolute Gasteiger partial charge is 0.494 e. The standard InChI is InChI=1S/C12H17NO3/c1-2-16-10-5-3-9(4-6-10)11(7-8-13)12(14)15/h3-6,11H,2,7-8,13H2,1H3,(H,14,15). The van der Waals surface area contributed by atoms with Crippen LogP contribution in [0.2, 0.25) is 0 Å². The Labute approximate surface area is 95.0 Å². The summed E-state index contributed by atoms with van der Waals surface area (Å²) in [6.45, 7) is 2.87. The van der Waals surface area contributed by atoms with Gasteiger partial charge in [0, 0.05) is 0 Å². The van der Waals surface area contributed by atoms with Gasteiger partial charge in [-0.3, -0.25) is 4.79 Å². The fraction of sp³-hybridized carbons (Fsp3) is 0.417. The maximum Gasteiger partial charge on any atom is 0.311 e. The van der Waals surface area contributed by atoms with Crippen molar-refractivity contribution in [3.05, 3.63) is 29.8 Å². The number of nitrogens with two attached hydrogens (primary N) is 1. The SMILES string of the molecule is CCOc1ccc(C(CCN)C(=O)O)cc1. The van der Waals surface area contributed by atoms with Gasteiger partial charge in [0.15, 0.2) is 0 Å². The van der Waals surface area contributed by atoms with Gasteiger partial charge in [-0.15, -0.1) is 0 Å². The van der Waals surface area contributed by atoms with Gasteiger partial charge in [-0.05, 0) is 37.6 Å². The quantitative estimate of drug-likeness (QED) is 0.768. The van der Waals surface area contributed by atoms with Crippen molar-refractivity contribution in [3.8, 4) is 5.75 Å². The minimum Gasteiger partial charge on any atom is -0.494 e. The Morgan fingerprint density at radius 2 is 2.06 bits per heavy atom. The number of hydrogen-bond donors (Lipinski definition) is 2. The van der Waals surface area contributed by atoms with E-state index in [-0.39, 0.29) is 0 Å². The van der Waals surface area contributed by atoms with Crippen LogP contribution in [0.15, 0.2) is 24.3 Å². The molecule has 0 saturated heterocycles. The molecule has 1 aromatic rings. The Morgan fingerprint density at radius 3 is 2.50 bits per heavy atom. The van der Waals surface area contributed by atoms with Gasteiger partial charge in [0.05, 0.1) is 12.5 Å². The number of carbonyl (C=O) groups is 1. The van der Waals surface area contributed by atoms with Crippen LogP contribution < -0.4 is 10.5 Å². The zero-order valence-electron chi connectivity index (χ0n) is 9.35. The molecule has 0 spiro atoms. The van der Waals surface area contributed by atoms with Gasteiger partial charge in [-0.1, -0.05) is 12.1 Å². The first-order valence-corrected chi connectivity index (χ1v) is 5.34. The van der Waals surface area contributed by atoms with Gasteiger partial charge in [-0.25, -0.2) is 0 Å². The number of benzene rings is 1. The fourth-order valence-corrected chi connectivity index (χ4v) is 1.56. The van der Waals surface area contributed by atoms with Crippen LogP contribution in [0.25, 0.3) is 0 Å².